The number of ether oxygens (including phenoxy) is 4. The van der Waals surface area contributed by atoms with Crippen LogP contribution in [-0.2, 0) is 9.53 Å². The first-order valence-corrected chi connectivity index (χ1v) is 14.0. The molecule has 1 aliphatic rings. The van der Waals surface area contributed by atoms with Crippen LogP contribution in [0.3, 0.4) is 0 Å². The van der Waals surface area contributed by atoms with E-state index in [9.17, 15) is 9.59 Å². The van der Waals surface area contributed by atoms with Crippen LogP contribution in [0.5, 0.6) is 17.2 Å². The molecule has 1 aromatic heterocycles. The molecule has 5 rings (SSSR count). The van der Waals surface area contributed by atoms with Crippen molar-refractivity contribution in [1.29, 1.82) is 0 Å². The Kier molecular flexibility index (Phi) is 8.64. The Labute approximate surface area is 241 Å². The molecule has 0 aliphatic carbocycles. The molecule has 3 aromatic carbocycles. The average Bonchev–Trinajstić information content (AvgIpc) is 3.30. The van der Waals surface area contributed by atoms with E-state index in [0.717, 1.165) is 16.9 Å². The number of nitrogens with zero attached hydrogens (tertiary/aromatic N) is 2. The summed E-state index contributed by atoms with van der Waals surface area (Å²) in [6.45, 7) is 4.56. The lowest BCUT2D eigenvalue weighted by Gasteiger charge is -2.24. The Morgan fingerprint density at radius 2 is 1.56 bits per heavy atom. The zero-order valence-corrected chi connectivity index (χ0v) is 23.9. The Morgan fingerprint density at radius 1 is 0.927 bits per heavy atom. The first kappa shape index (κ1) is 27.9. The van der Waals surface area contributed by atoms with Crippen LogP contribution in [0.25, 0.3) is 6.08 Å². The second-order valence-corrected chi connectivity index (χ2v) is 10.2. The molecule has 0 saturated heterocycles. The third-order valence-electron chi connectivity index (χ3n) is 6.49. The van der Waals surface area contributed by atoms with Crippen LogP contribution >= 0.6 is 11.3 Å². The van der Waals surface area contributed by atoms with Crippen molar-refractivity contribution in [2.45, 2.75) is 19.9 Å². The second kappa shape index (κ2) is 12.7. The SMILES string of the molecule is CCOC(=O)C1=C(C)N=c2s/c(=C\c3ccc(OCCOc4ccccc4)cc3)c(=O)n2[C@H]1c1ccc(OC)cc1. The summed E-state index contributed by atoms with van der Waals surface area (Å²) in [6, 6.07) is 23.7. The number of rotatable bonds is 10. The third-order valence-corrected chi connectivity index (χ3v) is 7.47. The van der Waals surface area contributed by atoms with E-state index in [4.69, 9.17) is 18.9 Å². The molecular weight excluding hydrogens is 540 g/mol. The quantitative estimate of drug-likeness (QED) is 0.209. The second-order valence-electron chi connectivity index (χ2n) is 9.15. The molecule has 1 aliphatic heterocycles. The van der Waals surface area contributed by atoms with E-state index in [-0.39, 0.29) is 12.2 Å². The van der Waals surface area contributed by atoms with Gasteiger partial charge in [0, 0.05) is 0 Å². The van der Waals surface area contributed by atoms with Gasteiger partial charge in [-0.3, -0.25) is 9.36 Å². The monoisotopic (exact) mass is 570 g/mol. The first-order chi connectivity index (χ1) is 20.0. The van der Waals surface area contributed by atoms with Crippen molar-refractivity contribution in [3.05, 3.63) is 121 Å². The van der Waals surface area contributed by atoms with Gasteiger partial charge in [-0.1, -0.05) is 53.8 Å². The van der Waals surface area contributed by atoms with Gasteiger partial charge in [-0.05, 0) is 67.4 Å². The normalized spacial score (nSPS) is 14.7. The molecular formula is C32H30N2O6S. The van der Waals surface area contributed by atoms with Gasteiger partial charge in [0.15, 0.2) is 4.80 Å². The van der Waals surface area contributed by atoms with Crippen molar-refractivity contribution in [1.82, 2.24) is 4.57 Å². The number of hydrogen-bond donors (Lipinski definition) is 0. The summed E-state index contributed by atoms with van der Waals surface area (Å²) in [5.74, 6) is 1.69. The van der Waals surface area contributed by atoms with E-state index >= 15 is 0 Å². The minimum Gasteiger partial charge on any atom is -0.497 e. The van der Waals surface area contributed by atoms with Crippen LogP contribution in [0.15, 0.2) is 99.9 Å². The average molecular weight is 571 g/mol. The summed E-state index contributed by atoms with van der Waals surface area (Å²) in [7, 11) is 1.59. The number of thiazole rings is 1. The highest BCUT2D eigenvalue weighted by atomic mass is 32.1. The van der Waals surface area contributed by atoms with E-state index in [2.05, 4.69) is 4.99 Å². The van der Waals surface area contributed by atoms with Crippen molar-refractivity contribution >= 4 is 23.4 Å². The third kappa shape index (κ3) is 6.25. The lowest BCUT2D eigenvalue weighted by atomic mass is 9.96. The van der Waals surface area contributed by atoms with Gasteiger partial charge in [0.2, 0.25) is 0 Å². The molecule has 41 heavy (non-hydrogen) atoms. The van der Waals surface area contributed by atoms with Crippen LogP contribution < -0.4 is 29.1 Å². The number of hydrogen-bond acceptors (Lipinski definition) is 8. The Morgan fingerprint density at radius 3 is 2.20 bits per heavy atom. The number of esters is 1. The number of para-hydroxylation sites is 1. The van der Waals surface area contributed by atoms with Gasteiger partial charge in [0.05, 0.1) is 35.6 Å². The number of allylic oxidation sites excluding steroid dienone is 1. The predicted molar refractivity (Wildman–Crippen MR) is 157 cm³/mol. The lowest BCUT2D eigenvalue weighted by Crippen LogP contribution is -2.39. The molecule has 9 heteroatoms. The van der Waals surface area contributed by atoms with Gasteiger partial charge in [-0.2, -0.15) is 0 Å². The van der Waals surface area contributed by atoms with Gasteiger partial charge < -0.3 is 18.9 Å². The molecule has 1 atom stereocenters. The summed E-state index contributed by atoms with van der Waals surface area (Å²) >= 11 is 1.28. The summed E-state index contributed by atoms with van der Waals surface area (Å²) in [5.41, 5.74) is 2.23. The largest absolute Gasteiger partial charge is 0.497 e. The number of carbonyl (C=O) groups is 1. The zero-order valence-electron chi connectivity index (χ0n) is 23.0. The minimum atomic E-state index is -0.674. The molecule has 8 nitrogen and oxygen atoms in total. The van der Waals surface area contributed by atoms with E-state index in [1.165, 1.54) is 11.3 Å². The summed E-state index contributed by atoms with van der Waals surface area (Å²) in [6.07, 6.45) is 1.82. The first-order valence-electron chi connectivity index (χ1n) is 13.2. The van der Waals surface area contributed by atoms with Crippen LogP contribution in [-0.4, -0.2) is 37.5 Å². The number of methoxy groups -OCH3 is 1. The van der Waals surface area contributed by atoms with Gasteiger partial charge in [0.25, 0.3) is 5.56 Å². The molecule has 0 fully saturated rings. The molecule has 0 saturated carbocycles. The topological polar surface area (TPSA) is 88.4 Å². The maximum atomic E-state index is 13.8. The highest BCUT2D eigenvalue weighted by Gasteiger charge is 2.33. The molecule has 0 N–H and O–H groups in total. The highest BCUT2D eigenvalue weighted by molar-refractivity contribution is 7.07. The Hall–Kier alpha value is -4.63. The van der Waals surface area contributed by atoms with Gasteiger partial charge in [0.1, 0.15) is 30.5 Å². The van der Waals surface area contributed by atoms with Gasteiger partial charge >= 0.3 is 5.97 Å². The lowest BCUT2D eigenvalue weighted by molar-refractivity contribution is -0.139. The maximum absolute atomic E-state index is 13.8. The molecule has 0 bridgehead atoms. The Bertz CT molecular complexity index is 1720. The Balaban J connectivity index is 1.41. The smallest absolute Gasteiger partial charge is 0.338 e. The van der Waals surface area contributed by atoms with Crippen molar-refractivity contribution in [2.75, 3.05) is 26.9 Å². The van der Waals surface area contributed by atoms with E-state index < -0.39 is 12.0 Å². The number of fused-ring (bicyclic) bond motifs is 1. The van der Waals surface area contributed by atoms with E-state index in [1.54, 1.807) is 37.7 Å². The van der Waals surface area contributed by atoms with E-state index in [1.807, 2.05) is 72.8 Å². The van der Waals surface area contributed by atoms with Crippen LogP contribution in [0.2, 0.25) is 0 Å². The molecule has 2 heterocycles. The van der Waals surface area contributed by atoms with Gasteiger partial charge in [-0.25, -0.2) is 9.79 Å². The predicted octanol–water partition coefficient (Wildman–Crippen LogP) is 4.26. The molecule has 210 valence electrons. The molecule has 0 radical (unpaired) electrons. The van der Waals surface area contributed by atoms with Crippen LogP contribution in [0.4, 0.5) is 0 Å². The standard InChI is InChI=1S/C32H30N2O6S/c1-4-38-31(36)28-21(2)33-32-34(29(28)23-12-16-24(37-3)17-13-23)30(35)27(41-32)20-22-10-14-26(15-11-22)40-19-18-39-25-8-6-5-7-9-25/h5-17,20,29H,4,18-19H2,1-3H3/b27-20-/t29-/m0/s1. The highest BCUT2D eigenvalue weighted by Crippen LogP contribution is 2.31. The van der Waals surface area contributed by atoms with Crippen LogP contribution in [0, 0.1) is 0 Å². The molecule has 0 amide bonds. The zero-order chi connectivity index (χ0) is 28.8. The number of carbonyl (C=O) groups excluding carboxylic acids is 1. The van der Waals surface area contributed by atoms with Gasteiger partial charge in [-0.15, -0.1) is 0 Å². The summed E-state index contributed by atoms with van der Waals surface area (Å²) < 4.78 is 24.2. The van der Waals surface area contributed by atoms with E-state index in [0.29, 0.717) is 45.3 Å². The summed E-state index contributed by atoms with van der Waals surface area (Å²) in [4.78, 5) is 31.9. The van der Waals surface area contributed by atoms with Crippen LogP contribution in [0.1, 0.15) is 31.0 Å². The number of benzene rings is 3. The van der Waals surface area contributed by atoms with Crippen molar-refractivity contribution in [3.8, 4) is 17.2 Å². The summed E-state index contributed by atoms with van der Waals surface area (Å²) in [5, 5.41) is 0. The molecule has 4 aromatic rings. The fourth-order valence-electron chi connectivity index (χ4n) is 4.54. The minimum absolute atomic E-state index is 0.217. The molecule has 0 spiro atoms. The van der Waals surface area contributed by atoms with Crippen molar-refractivity contribution < 1.29 is 23.7 Å². The fourth-order valence-corrected chi connectivity index (χ4v) is 5.59. The fraction of sp³-hybridized carbons (Fsp3) is 0.219. The van der Waals surface area contributed by atoms with Crippen molar-refractivity contribution in [2.24, 2.45) is 4.99 Å². The van der Waals surface area contributed by atoms with Crippen molar-refractivity contribution in [3.63, 3.8) is 0 Å². The molecule has 0 unspecified atom stereocenters. The maximum Gasteiger partial charge on any atom is 0.338 e. The number of aromatic nitrogens is 1.